The van der Waals surface area contributed by atoms with Crippen molar-refractivity contribution >= 4 is 11.8 Å². The largest absolute Gasteiger partial charge is 0.497 e. The van der Waals surface area contributed by atoms with Gasteiger partial charge in [-0.1, -0.05) is 17.8 Å². The van der Waals surface area contributed by atoms with E-state index in [1.54, 1.807) is 31.4 Å². The molecule has 22 heavy (non-hydrogen) atoms. The van der Waals surface area contributed by atoms with Gasteiger partial charge in [-0.25, -0.2) is 9.97 Å². The quantitative estimate of drug-likeness (QED) is 0.529. The smallest absolute Gasteiger partial charge is 0.118 e. The summed E-state index contributed by atoms with van der Waals surface area (Å²) in [6.07, 6.45) is 3.40. The van der Waals surface area contributed by atoms with Crippen LogP contribution in [0.1, 0.15) is 5.69 Å². The predicted octanol–water partition coefficient (Wildman–Crippen LogP) is 3.84. The summed E-state index contributed by atoms with van der Waals surface area (Å²) in [5, 5.41) is 0.937. The van der Waals surface area contributed by atoms with Crippen LogP contribution in [0.3, 0.4) is 0 Å². The Labute approximate surface area is 133 Å². The van der Waals surface area contributed by atoms with Crippen molar-refractivity contribution in [2.75, 3.05) is 7.11 Å². The van der Waals surface area contributed by atoms with E-state index in [4.69, 9.17) is 4.74 Å². The predicted molar refractivity (Wildman–Crippen MR) is 87.8 cm³/mol. The number of benzene rings is 1. The van der Waals surface area contributed by atoms with E-state index in [1.807, 2.05) is 48.5 Å². The fourth-order valence-electron chi connectivity index (χ4n) is 1.97. The Morgan fingerprint density at radius 1 is 1.00 bits per heavy atom. The molecule has 0 unspecified atom stereocenters. The third-order valence-corrected chi connectivity index (χ3v) is 4.08. The molecule has 0 aliphatic carbocycles. The number of thioether (sulfide) groups is 1. The number of hydrogen-bond donors (Lipinski definition) is 0. The van der Waals surface area contributed by atoms with Crippen molar-refractivity contribution in [2.24, 2.45) is 0 Å². The maximum atomic E-state index is 5.17. The first-order valence-corrected chi connectivity index (χ1v) is 7.83. The Morgan fingerprint density at radius 2 is 1.86 bits per heavy atom. The number of nitrogens with zero attached hydrogens (tertiary/aromatic N) is 3. The molecule has 2 aromatic heterocycles. The van der Waals surface area contributed by atoms with Gasteiger partial charge in [0.15, 0.2) is 0 Å². The van der Waals surface area contributed by atoms with E-state index in [9.17, 15) is 0 Å². The summed E-state index contributed by atoms with van der Waals surface area (Å²) in [5.74, 6) is 1.63. The minimum atomic E-state index is 0.792. The van der Waals surface area contributed by atoms with Crippen LogP contribution in [-0.4, -0.2) is 22.1 Å². The van der Waals surface area contributed by atoms with Crippen LogP contribution < -0.4 is 4.74 Å². The minimum absolute atomic E-state index is 0.792. The van der Waals surface area contributed by atoms with Gasteiger partial charge in [-0.15, -0.1) is 0 Å². The van der Waals surface area contributed by atoms with Gasteiger partial charge < -0.3 is 4.74 Å². The van der Waals surface area contributed by atoms with Crippen LogP contribution >= 0.6 is 11.8 Å². The molecule has 0 fully saturated rings. The van der Waals surface area contributed by atoms with E-state index in [1.165, 1.54) is 0 Å². The minimum Gasteiger partial charge on any atom is -0.497 e. The molecule has 2 heterocycles. The zero-order chi connectivity index (χ0) is 15.2. The van der Waals surface area contributed by atoms with Crippen LogP contribution in [-0.2, 0) is 5.75 Å². The summed E-state index contributed by atoms with van der Waals surface area (Å²) >= 11 is 1.65. The summed E-state index contributed by atoms with van der Waals surface area (Å²) < 4.78 is 5.17. The summed E-state index contributed by atoms with van der Waals surface area (Å²) in [5.41, 5.74) is 2.99. The van der Waals surface area contributed by atoms with Crippen molar-refractivity contribution in [2.45, 2.75) is 10.8 Å². The molecule has 0 saturated heterocycles. The summed E-state index contributed by atoms with van der Waals surface area (Å²) in [4.78, 5) is 13.0. The lowest BCUT2D eigenvalue weighted by atomic mass is 10.1. The van der Waals surface area contributed by atoms with Crippen molar-refractivity contribution in [3.63, 3.8) is 0 Å². The van der Waals surface area contributed by atoms with Crippen molar-refractivity contribution in [1.29, 1.82) is 0 Å². The molecule has 3 rings (SSSR count). The number of pyridine rings is 1. The number of aromatic nitrogens is 3. The molecule has 0 atom stereocenters. The Morgan fingerprint density at radius 3 is 2.59 bits per heavy atom. The van der Waals surface area contributed by atoms with Crippen molar-refractivity contribution in [3.8, 4) is 17.0 Å². The molecule has 110 valence electrons. The zero-order valence-electron chi connectivity index (χ0n) is 12.1. The van der Waals surface area contributed by atoms with Crippen molar-refractivity contribution in [1.82, 2.24) is 15.0 Å². The first-order valence-electron chi connectivity index (χ1n) is 6.84. The average molecular weight is 309 g/mol. The monoisotopic (exact) mass is 309 g/mol. The van der Waals surface area contributed by atoms with E-state index in [0.717, 1.165) is 33.5 Å². The second-order valence-corrected chi connectivity index (χ2v) is 5.58. The van der Waals surface area contributed by atoms with Crippen LogP contribution in [0.25, 0.3) is 11.3 Å². The Bertz CT molecular complexity index is 732. The molecule has 0 saturated carbocycles. The lowest BCUT2D eigenvalue weighted by molar-refractivity contribution is 0.415. The van der Waals surface area contributed by atoms with Gasteiger partial charge in [0.1, 0.15) is 17.1 Å². The number of methoxy groups -OCH3 is 1. The summed E-state index contributed by atoms with van der Waals surface area (Å²) in [6, 6.07) is 15.8. The van der Waals surface area contributed by atoms with E-state index in [0.29, 0.717) is 0 Å². The summed E-state index contributed by atoms with van der Waals surface area (Å²) in [6.45, 7) is 0. The van der Waals surface area contributed by atoms with Crippen LogP contribution in [0.4, 0.5) is 0 Å². The van der Waals surface area contributed by atoms with Crippen molar-refractivity contribution in [3.05, 3.63) is 66.7 Å². The normalized spacial score (nSPS) is 10.4. The molecule has 0 N–H and O–H groups in total. The molecule has 0 radical (unpaired) electrons. The lowest BCUT2D eigenvalue weighted by Crippen LogP contribution is -1.90. The van der Waals surface area contributed by atoms with Gasteiger partial charge in [0, 0.05) is 17.5 Å². The molecule has 3 aromatic rings. The van der Waals surface area contributed by atoms with E-state index >= 15 is 0 Å². The Hall–Kier alpha value is -2.40. The van der Waals surface area contributed by atoms with Gasteiger partial charge >= 0.3 is 0 Å². The molecule has 1 aromatic carbocycles. The highest BCUT2D eigenvalue weighted by Crippen LogP contribution is 2.25. The fraction of sp³-hybridized carbons (Fsp3) is 0.118. The van der Waals surface area contributed by atoms with Gasteiger partial charge in [-0.3, -0.25) is 4.98 Å². The van der Waals surface area contributed by atoms with Gasteiger partial charge in [-0.05, 0) is 42.5 Å². The fourth-order valence-corrected chi connectivity index (χ4v) is 2.75. The molecule has 0 spiro atoms. The van der Waals surface area contributed by atoms with E-state index < -0.39 is 0 Å². The topological polar surface area (TPSA) is 47.9 Å². The zero-order valence-corrected chi connectivity index (χ0v) is 13.0. The van der Waals surface area contributed by atoms with Crippen LogP contribution in [0, 0.1) is 0 Å². The highest BCUT2D eigenvalue weighted by Gasteiger charge is 2.04. The van der Waals surface area contributed by atoms with Gasteiger partial charge in [0.05, 0.1) is 18.5 Å². The van der Waals surface area contributed by atoms with Crippen LogP contribution in [0.2, 0.25) is 0 Å². The second-order valence-electron chi connectivity index (χ2n) is 4.58. The maximum absolute atomic E-state index is 5.17. The molecule has 0 aliphatic heterocycles. The lowest BCUT2D eigenvalue weighted by Gasteiger charge is -2.05. The first kappa shape index (κ1) is 14.5. The highest BCUT2D eigenvalue weighted by molar-refractivity contribution is 7.98. The number of hydrogen-bond acceptors (Lipinski definition) is 5. The number of rotatable bonds is 5. The third-order valence-electron chi connectivity index (χ3n) is 3.12. The molecule has 0 amide bonds. The van der Waals surface area contributed by atoms with Crippen LogP contribution in [0.15, 0.2) is 66.1 Å². The van der Waals surface area contributed by atoms with Crippen molar-refractivity contribution < 1.29 is 4.74 Å². The maximum Gasteiger partial charge on any atom is 0.118 e. The molecule has 5 heteroatoms. The highest BCUT2D eigenvalue weighted by atomic mass is 32.2. The van der Waals surface area contributed by atoms with E-state index in [2.05, 4.69) is 15.0 Å². The average Bonchev–Trinajstić information content (AvgIpc) is 2.61. The Balaban J connectivity index is 1.74. The first-order chi connectivity index (χ1) is 10.8. The SMILES string of the molecule is COc1ccc(-c2cc(SCc3ccccn3)ncn2)cc1. The molecular formula is C17H15N3OS. The molecule has 0 aliphatic rings. The standard InChI is InChI=1S/C17H15N3OS/c1-21-15-7-5-13(6-8-15)16-10-17(20-12-19-16)22-11-14-4-2-3-9-18-14/h2-10,12H,11H2,1H3. The molecule has 0 bridgehead atoms. The summed E-state index contributed by atoms with van der Waals surface area (Å²) in [7, 11) is 1.66. The molecular weight excluding hydrogens is 294 g/mol. The Kier molecular flexibility index (Phi) is 4.65. The third kappa shape index (κ3) is 3.62. The van der Waals surface area contributed by atoms with Gasteiger partial charge in [-0.2, -0.15) is 0 Å². The van der Waals surface area contributed by atoms with Gasteiger partial charge in [0.25, 0.3) is 0 Å². The second kappa shape index (κ2) is 7.04. The van der Waals surface area contributed by atoms with Gasteiger partial charge in [0.2, 0.25) is 0 Å². The van der Waals surface area contributed by atoms with Crippen LogP contribution in [0.5, 0.6) is 5.75 Å². The van der Waals surface area contributed by atoms with E-state index in [-0.39, 0.29) is 0 Å². The molecule has 4 nitrogen and oxygen atoms in total. The number of ether oxygens (including phenoxy) is 1.